The first-order valence-electron chi connectivity index (χ1n) is 5.94. The Bertz CT molecular complexity index is 496. The summed E-state index contributed by atoms with van der Waals surface area (Å²) in [5.41, 5.74) is -0.353. The lowest BCUT2D eigenvalue weighted by Crippen LogP contribution is -2.31. The molecule has 20 heavy (non-hydrogen) atoms. The van der Waals surface area contributed by atoms with Gasteiger partial charge in [0.05, 0.1) is 7.11 Å². The summed E-state index contributed by atoms with van der Waals surface area (Å²) in [6.45, 7) is 3.22. The quantitative estimate of drug-likeness (QED) is 0.762. The smallest absolute Gasteiger partial charge is 0.450 e. The molecule has 1 rings (SSSR count). The third-order valence-corrected chi connectivity index (χ3v) is 3.78. The Kier molecular flexibility index (Phi) is 5.13. The van der Waals surface area contributed by atoms with E-state index in [4.69, 9.17) is 4.74 Å². The average Bonchev–Trinajstić information content (AvgIpc) is 2.36. The summed E-state index contributed by atoms with van der Waals surface area (Å²) in [5, 5.41) is 0. The molecule has 0 unspecified atom stereocenters. The third-order valence-electron chi connectivity index (χ3n) is 3.05. The minimum atomic E-state index is -4.80. The van der Waals surface area contributed by atoms with E-state index in [0.29, 0.717) is 11.3 Å². The van der Waals surface area contributed by atoms with E-state index >= 15 is 0 Å². The van der Waals surface area contributed by atoms with Crippen LogP contribution in [0.15, 0.2) is 23.1 Å². The molecule has 0 amide bonds. The van der Waals surface area contributed by atoms with Crippen LogP contribution in [0.2, 0.25) is 0 Å². The van der Waals surface area contributed by atoms with Crippen LogP contribution in [0.1, 0.15) is 25.8 Å². The van der Waals surface area contributed by atoms with E-state index in [1.807, 2.05) is 12.3 Å². The molecule has 0 fully saturated rings. The first-order chi connectivity index (χ1) is 9.11. The molecule has 0 saturated carbocycles. The lowest BCUT2D eigenvalue weighted by atomic mass is 9.79. The number of carbonyl (C=O) groups is 1. The van der Waals surface area contributed by atoms with Crippen molar-refractivity contribution in [1.29, 1.82) is 0 Å². The lowest BCUT2D eigenvalue weighted by Gasteiger charge is -2.27. The van der Waals surface area contributed by atoms with E-state index in [0.717, 1.165) is 4.90 Å². The number of rotatable bonds is 5. The summed E-state index contributed by atoms with van der Waals surface area (Å²) in [6, 6.07) is 5.31. The zero-order valence-corrected chi connectivity index (χ0v) is 12.6. The zero-order valence-electron chi connectivity index (χ0n) is 11.8. The van der Waals surface area contributed by atoms with Gasteiger partial charge in [-0.3, -0.25) is 4.79 Å². The predicted octanol–water partition coefficient (Wildman–Crippen LogP) is 4.22. The summed E-state index contributed by atoms with van der Waals surface area (Å²) in [6.07, 6.45) is -3.54. The summed E-state index contributed by atoms with van der Waals surface area (Å²) >= 11 is 1.48. The van der Waals surface area contributed by atoms with Crippen molar-refractivity contribution in [2.75, 3.05) is 13.4 Å². The zero-order chi connectivity index (χ0) is 15.6. The average molecular weight is 306 g/mol. The topological polar surface area (TPSA) is 26.3 Å². The third kappa shape index (κ3) is 3.91. The number of ether oxygens (including phenoxy) is 1. The van der Waals surface area contributed by atoms with Gasteiger partial charge in [-0.2, -0.15) is 13.2 Å². The number of methoxy groups -OCH3 is 1. The molecular formula is C14H17F3O2S. The lowest BCUT2D eigenvalue weighted by molar-refractivity contribution is -0.172. The molecule has 0 aliphatic heterocycles. The SMILES string of the molecule is COc1ccc(SC)cc1C(C)(C)CC(=O)C(F)(F)F. The van der Waals surface area contributed by atoms with E-state index in [1.165, 1.54) is 18.9 Å². The number of hydrogen-bond donors (Lipinski definition) is 0. The first kappa shape index (κ1) is 16.9. The van der Waals surface area contributed by atoms with Gasteiger partial charge in [-0.1, -0.05) is 13.8 Å². The normalized spacial score (nSPS) is 12.3. The second kappa shape index (κ2) is 6.08. The van der Waals surface area contributed by atoms with Crippen molar-refractivity contribution in [3.8, 4) is 5.75 Å². The molecule has 0 aromatic heterocycles. The van der Waals surface area contributed by atoms with Crippen molar-refractivity contribution in [2.24, 2.45) is 0 Å². The van der Waals surface area contributed by atoms with Crippen LogP contribution in [-0.4, -0.2) is 25.3 Å². The largest absolute Gasteiger partial charge is 0.496 e. The number of alkyl halides is 3. The summed E-state index contributed by atoms with van der Waals surface area (Å²) in [7, 11) is 1.46. The molecule has 0 heterocycles. The molecule has 0 N–H and O–H groups in total. The van der Waals surface area contributed by atoms with Gasteiger partial charge in [0, 0.05) is 22.3 Å². The highest BCUT2D eigenvalue weighted by Crippen LogP contribution is 2.38. The minimum absolute atomic E-state index is 0.489. The number of benzene rings is 1. The van der Waals surface area contributed by atoms with Crippen LogP contribution in [0.5, 0.6) is 5.75 Å². The molecule has 0 saturated heterocycles. The predicted molar refractivity (Wildman–Crippen MR) is 73.5 cm³/mol. The van der Waals surface area contributed by atoms with Gasteiger partial charge in [-0.25, -0.2) is 0 Å². The van der Waals surface area contributed by atoms with Gasteiger partial charge in [0.15, 0.2) is 0 Å². The van der Waals surface area contributed by atoms with Crippen molar-refractivity contribution in [3.05, 3.63) is 23.8 Å². The second-order valence-corrected chi connectivity index (χ2v) is 5.93. The fraction of sp³-hybridized carbons (Fsp3) is 0.500. The van der Waals surface area contributed by atoms with Gasteiger partial charge in [0.1, 0.15) is 5.75 Å². The number of thioether (sulfide) groups is 1. The summed E-state index contributed by atoms with van der Waals surface area (Å²) < 4.78 is 42.5. The first-order valence-corrected chi connectivity index (χ1v) is 7.17. The molecule has 112 valence electrons. The van der Waals surface area contributed by atoms with Crippen molar-refractivity contribution >= 4 is 17.5 Å². The molecule has 0 radical (unpaired) electrons. The van der Waals surface area contributed by atoms with Crippen molar-refractivity contribution in [1.82, 2.24) is 0 Å². The Morgan fingerprint density at radius 3 is 2.35 bits per heavy atom. The highest BCUT2D eigenvalue weighted by atomic mass is 32.2. The van der Waals surface area contributed by atoms with E-state index in [1.54, 1.807) is 26.0 Å². The van der Waals surface area contributed by atoms with Crippen LogP contribution >= 0.6 is 11.8 Å². The maximum Gasteiger partial charge on any atom is 0.450 e. The van der Waals surface area contributed by atoms with Gasteiger partial charge in [0.2, 0.25) is 5.78 Å². The Morgan fingerprint density at radius 2 is 1.90 bits per heavy atom. The molecule has 0 spiro atoms. The van der Waals surface area contributed by atoms with Crippen LogP contribution in [0, 0.1) is 0 Å². The monoisotopic (exact) mass is 306 g/mol. The van der Waals surface area contributed by atoms with Crippen LogP contribution in [0.3, 0.4) is 0 Å². The number of carbonyl (C=O) groups excluding carboxylic acids is 1. The molecule has 0 atom stereocenters. The fourth-order valence-corrected chi connectivity index (χ4v) is 2.38. The van der Waals surface area contributed by atoms with Crippen LogP contribution in [-0.2, 0) is 10.2 Å². The Hall–Kier alpha value is -1.17. The molecular weight excluding hydrogens is 289 g/mol. The number of Topliss-reactive ketones (excluding diaryl/α,β-unsaturated/α-hetero) is 1. The van der Waals surface area contributed by atoms with Crippen molar-refractivity contribution in [2.45, 2.75) is 36.8 Å². The van der Waals surface area contributed by atoms with Gasteiger partial charge >= 0.3 is 6.18 Å². The second-order valence-electron chi connectivity index (χ2n) is 5.05. The summed E-state index contributed by atoms with van der Waals surface area (Å²) in [4.78, 5) is 12.1. The summed E-state index contributed by atoms with van der Waals surface area (Å²) in [5.74, 6) is -1.23. The van der Waals surface area contributed by atoms with Gasteiger partial charge in [0.25, 0.3) is 0 Å². The van der Waals surface area contributed by atoms with Crippen molar-refractivity contribution < 1.29 is 22.7 Å². The maximum atomic E-state index is 12.4. The molecule has 2 nitrogen and oxygen atoms in total. The number of hydrogen-bond acceptors (Lipinski definition) is 3. The van der Waals surface area contributed by atoms with Crippen LogP contribution in [0.4, 0.5) is 13.2 Å². The van der Waals surface area contributed by atoms with Crippen LogP contribution in [0.25, 0.3) is 0 Å². The van der Waals surface area contributed by atoms with E-state index in [-0.39, 0.29) is 0 Å². The maximum absolute atomic E-state index is 12.4. The fourth-order valence-electron chi connectivity index (χ4n) is 1.94. The molecule has 0 bridgehead atoms. The highest BCUT2D eigenvalue weighted by Gasteiger charge is 2.42. The van der Waals surface area contributed by atoms with E-state index < -0.39 is 23.8 Å². The van der Waals surface area contributed by atoms with Gasteiger partial charge in [-0.05, 0) is 24.5 Å². The molecule has 6 heteroatoms. The highest BCUT2D eigenvalue weighted by molar-refractivity contribution is 7.98. The minimum Gasteiger partial charge on any atom is -0.496 e. The van der Waals surface area contributed by atoms with Crippen LogP contribution < -0.4 is 4.74 Å². The molecule has 0 aliphatic carbocycles. The number of ketones is 1. The number of halogens is 3. The molecule has 1 aromatic rings. The standard InChI is InChI=1S/C14H17F3O2S/c1-13(2,8-12(18)14(15,16)17)10-7-9(20-4)5-6-11(10)19-3/h5-7H,8H2,1-4H3. The molecule has 1 aromatic carbocycles. The Balaban J connectivity index is 3.16. The Labute approximate surface area is 120 Å². The van der Waals surface area contributed by atoms with Gasteiger partial charge < -0.3 is 4.74 Å². The Morgan fingerprint density at radius 1 is 1.30 bits per heavy atom. The molecule has 0 aliphatic rings. The van der Waals surface area contributed by atoms with Gasteiger partial charge in [-0.15, -0.1) is 11.8 Å². The van der Waals surface area contributed by atoms with Crippen molar-refractivity contribution in [3.63, 3.8) is 0 Å². The van der Waals surface area contributed by atoms with E-state index in [9.17, 15) is 18.0 Å². The van der Waals surface area contributed by atoms with E-state index in [2.05, 4.69) is 0 Å².